The van der Waals surface area contributed by atoms with E-state index in [1.807, 2.05) is 43.0 Å². The number of hydrogen-bond acceptors (Lipinski definition) is 3. The Hall–Kier alpha value is -1.55. The first-order chi connectivity index (χ1) is 8.51. The Bertz CT molecular complexity index is 420. The van der Waals surface area contributed by atoms with E-state index >= 15 is 0 Å². The Balaban J connectivity index is 2.18. The lowest BCUT2D eigenvalue weighted by Gasteiger charge is -2.34. The van der Waals surface area contributed by atoms with Crippen molar-refractivity contribution >= 4 is 11.6 Å². The lowest BCUT2D eigenvalue weighted by atomic mass is 9.83. The maximum absolute atomic E-state index is 12.5. The smallest absolute Gasteiger partial charge is 0.232 e. The zero-order valence-corrected chi connectivity index (χ0v) is 11.0. The predicted octanol–water partition coefficient (Wildman–Crippen LogP) is 1.41. The molecule has 0 spiro atoms. The monoisotopic (exact) mass is 248 g/mol. The summed E-state index contributed by atoms with van der Waals surface area (Å²) < 4.78 is 5.27. The van der Waals surface area contributed by atoms with Crippen LogP contribution in [0.5, 0.6) is 0 Å². The van der Waals surface area contributed by atoms with Crippen molar-refractivity contribution in [3.05, 3.63) is 29.8 Å². The van der Waals surface area contributed by atoms with Gasteiger partial charge in [0.1, 0.15) is 0 Å². The van der Waals surface area contributed by atoms with Crippen LogP contribution in [0.25, 0.3) is 0 Å². The van der Waals surface area contributed by atoms with Gasteiger partial charge < -0.3 is 15.4 Å². The Morgan fingerprint density at radius 3 is 2.33 bits per heavy atom. The van der Waals surface area contributed by atoms with E-state index in [9.17, 15) is 4.79 Å². The van der Waals surface area contributed by atoms with Gasteiger partial charge in [-0.05, 0) is 31.5 Å². The Morgan fingerprint density at radius 1 is 1.22 bits per heavy atom. The standard InChI is InChI=1S/C14H20N2O2/c1-14(2,11-3-5-12(15)6-4-11)13(17)16-7-9-18-10-8-16/h3-6H,7-10,15H2,1-2H3. The molecule has 1 aliphatic heterocycles. The summed E-state index contributed by atoms with van der Waals surface area (Å²) >= 11 is 0. The average Bonchev–Trinajstić information content (AvgIpc) is 2.39. The van der Waals surface area contributed by atoms with Gasteiger partial charge in [-0.25, -0.2) is 0 Å². The van der Waals surface area contributed by atoms with Crippen LogP contribution in [0.1, 0.15) is 19.4 Å². The molecule has 1 aliphatic rings. The van der Waals surface area contributed by atoms with Gasteiger partial charge in [-0.3, -0.25) is 4.79 Å². The van der Waals surface area contributed by atoms with Crippen LogP contribution >= 0.6 is 0 Å². The van der Waals surface area contributed by atoms with Crippen molar-refractivity contribution in [2.75, 3.05) is 32.0 Å². The molecule has 1 heterocycles. The molecule has 0 atom stereocenters. The fraction of sp³-hybridized carbons (Fsp3) is 0.500. The molecule has 0 unspecified atom stereocenters. The van der Waals surface area contributed by atoms with E-state index < -0.39 is 5.41 Å². The third-order valence-electron chi connectivity index (χ3n) is 3.47. The molecule has 1 aromatic carbocycles. The molecule has 1 amide bonds. The summed E-state index contributed by atoms with van der Waals surface area (Å²) in [5.41, 5.74) is 6.86. The number of carbonyl (C=O) groups is 1. The highest BCUT2D eigenvalue weighted by molar-refractivity contribution is 5.87. The van der Waals surface area contributed by atoms with Crippen molar-refractivity contribution in [1.82, 2.24) is 4.90 Å². The van der Waals surface area contributed by atoms with E-state index in [1.165, 1.54) is 0 Å². The summed E-state index contributed by atoms with van der Waals surface area (Å²) in [7, 11) is 0. The molecular formula is C14H20N2O2. The highest BCUT2D eigenvalue weighted by Gasteiger charge is 2.34. The number of nitrogen functional groups attached to an aromatic ring is 1. The van der Waals surface area contributed by atoms with Crippen LogP contribution in [0.2, 0.25) is 0 Å². The van der Waals surface area contributed by atoms with E-state index in [-0.39, 0.29) is 5.91 Å². The average molecular weight is 248 g/mol. The molecule has 4 heteroatoms. The van der Waals surface area contributed by atoms with E-state index in [2.05, 4.69) is 0 Å². The number of morpholine rings is 1. The molecule has 1 fully saturated rings. The van der Waals surface area contributed by atoms with Gasteiger partial charge >= 0.3 is 0 Å². The zero-order chi connectivity index (χ0) is 13.2. The van der Waals surface area contributed by atoms with Crippen LogP contribution in [-0.4, -0.2) is 37.1 Å². The van der Waals surface area contributed by atoms with Gasteiger partial charge in [-0.1, -0.05) is 12.1 Å². The number of carbonyl (C=O) groups excluding carboxylic acids is 1. The molecule has 1 saturated heterocycles. The molecule has 1 aromatic rings. The molecule has 0 aliphatic carbocycles. The van der Waals surface area contributed by atoms with Crippen molar-refractivity contribution in [3.8, 4) is 0 Å². The van der Waals surface area contributed by atoms with Gasteiger partial charge in [0.25, 0.3) is 0 Å². The number of benzene rings is 1. The topological polar surface area (TPSA) is 55.6 Å². The number of nitrogens with two attached hydrogens (primary N) is 1. The fourth-order valence-corrected chi connectivity index (χ4v) is 2.18. The summed E-state index contributed by atoms with van der Waals surface area (Å²) in [6, 6.07) is 7.52. The molecule has 2 rings (SSSR count). The molecule has 4 nitrogen and oxygen atoms in total. The van der Waals surface area contributed by atoms with E-state index in [0.29, 0.717) is 32.0 Å². The summed E-state index contributed by atoms with van der Waals surface area (Å²) in [6.07, 6.45) is 0. The Kier molecular flexibility index (Phi) is 3.57. The van der Waals surface area contributed by atoms with Gasteiger partial charge in [0.15, 0.2) is 0 Å². The molecule has 98 valence electrons. The number of hydrogen-bond donors (Lipinski definition) is 1. The summed E-state index contributed by atoms with van der Waals surface area (Å²) in [4.78, 5) is 14.4. The second-order valence-corrected chi connectivity index (χ2v) is 5.15. The van der Waals surface area contributed by atoms with Gasteiger partial charge in [0.2, 0.25) is 5.91 Å². The molecule has 0 aromatic heterocycles. The SMILES string of the molecule is CC(C)(C(=O)N1CCOCC1)c1ccc(N)cc1. The van der Waals surface area contributed by atoms with Crippen molar-refractivity contribution in [2.45, 2.75) is 19.3 Å². The highest BCUT2D eigenvalue weighted by Crippen LogP contribution is 2.26. The van der Waals surface area contributed by atoms with Crippen LogP contribution in [0.4, 0.5) is 5.69 Å². The molecule has 18 heavy (non-hydrogen) atoms. The molecule has 0 radical (unpaired) electrons. The normalized spacial score (nSPS) is 16.7. The quantitative estimate of drug-likeness (QED) is 0.805. The van der Waals surface area contributed by atoms with Crippen LogP contribution < -0.4 is 5.73 Å². The number of anilines is 1. The van der Waals surface area contributed by atoms with Gasteiger partial charge in [-0.15, -0.1) is 0 Å². The van der Waals surface area contributed by atoms with Gasteiger partial charge in [0.05, 0.1) is 18.6 Å². The van der Waals surface area contributed by atoms with Crippen LogP contribution in [0.3, 0.4) is 0 Å². The van der Waals surface area contributed by atoms with Crippen molar-refractivity contribution < 1.29 is 9.53 Å². The first-order valence-electron chi connectivity index (χ1n) is 6.25. The highest BCUT2D eigenvalue weighted by atomic mass is 16.5. The fourth-order valence-electron chi connectivity index (χ4n) is 2.18. The lowest BCUT2D eigenvalue weighted by molar-refractivity contribution is -0.140. The minimum atomic E-state index is -0.523. The molecule has 2 N–H and O–H groups in total. The second kappa shape index (κ2) is 4.98. The van der Waals surface area contributed by atoms with E-state index in [1.54, 1.807) is 0 Å². The third-order valence-corrected chi connectivity index (χ3v) is 3.47. The molecule has 0 bridgehead atoms. The summed E-state index contributed by atoms with van der Waals surface area (Å²) in [5, 5.41) is 0. The van der Waals surface area contributed by atoms with Crippen molar-refractivity contribution in [3.63, 3.8) is 0 Å². The van der Waals surface area contributed by atoms with E-state index in [4.69, 9.17) is 10.5 Å². The maximum Gasteiger partial charge on any atom is 0.232 e. The number of ether oxygens (including phenoxy) is 1. The number of rotatable bonds is 2. The van der Waals surface area contributed by atoms with Crippen LogP contribution in [-0.2, 0) is 14.9 Å². The predicted molar refractivity (Wildman–Crippen MR) is 71.3 cm³/mol. The van der Waals surface area contributed by atoms with E-state index in [0.717, 1.165) is 5.56 Å². The summed E-state index contributed by atoms with van der Waals surface area (Å²) in [5.74, 6) is 0.149. The third kappa shape index (κ3) is 2.48. The lowest BCUT2D eigenvalue weighted by Crippen LogP contribution is -2.48. The zero-order valence-electron chi connectivity index (χ0n) is 11.0. The van der Waals surface area contributed by atoms with Gasteiger partial charge in [0, 0.05) is 18.8 Å². The van der Waals surface area contributed by atoms with Crippen LogP contribution in [0, 0.1) is 0 Å². The van der Waals surface area contributed by atoms with Crippen LogP contribution in [0.15, 0.2) is 24.3 Å². The summed E-state index contributed by atoms with van der Waals surface area (Å²) in [6.45, 7) is 6.52. The minimum Gasteiger partial charge on any atom is -0.399 e. The maximum atomic E-state index is 12.5. The first-order valence-corrected chi connectivity index (χ1v) is 6.25. The van der Waals surface area contributed by atoms with Crippen molar-refractivity contribution in [2.24, 2.45) is 0 Å². The first kappa shape index (κ1) is 12.9. The number of nitrogens with zero attached hydrogens (tertiary/aromatic N) is 1. The van der Waals surface area contributed by atoms with Crippen molar-refractivity contribution in [1.29, 1.82) is 0 Å². The van der Waals surface area contributed by atoms with Gasteiger partial charge in [-0.2, -0.15) is 0 Å². The molecule has 0 saturated carbocycles. The molecular weight excluding hydrogens is 228 g/mol. The number of amides is 1. The largest absolute Gasteiger partial charge is 0.399 e. The Morgan fingerprint density at radius 2 is 1.78 bits per heavy atom. The second-order valence-electron chi connectivity index (χ2n) is 5.15. The Labute approximate surface area is 108 Å². The minimum absolute atomic E-state index is 0.149.